The SMILES string of the molecule is C=C[C@H](N)c1cc(O)ccc1CC. The Balaban J connectivity index is 3.14. The lowest BCUT2D eigenvalue weighted by Crippen LogP contribution is -2.09. The summed E-state index contributed by atoms with van der Waals surface area (Å²) >= 11 is 0. The summed E-state index contributed by atoms with van der Waals surface area (Å²) in [5.41, 5.74) is 7.92. The second-order valence-corrected chi connectivity index (χ2v) is 3.00. The van der Waals surface area contributed by atoms with Gasteiger partial charge < -0.3 is 10.8 Å². The number of phenolic OH excluding ortho intramolecular Hbond substituents is 1. The number of hydrogen-bond acceptors (Lipinski definition) is 2. The lowest BCUT2D eigenvalue weighted by Gasteiger charge is -2.12. The van der Waals surface area contributed by atoms with E-state index in [0.29, 0.717) is 0 Å². The van der Waals surface area contributed by atoms with Crippen molar-refractivity contribution in [1.82, 2.24) is 0 Å². The fraction of sp³-hybridized carbons (Fsp3) is 0.273. The van der Waals surface area contributed by atoms with Gasteiger partial charge in [0.1, 0.15) is 5.75 Å². The number of phenols is 1. The van der Waals surface area contributed by atoms with Crippen LogP contribution in [0.25, 0.3) is 0 Å². The molecule has 13 heavy (non-hydrogen) atoms. The first kappa shape index (κ1) is 9.81. The molecule has 0 radical (unpaired) electrons. The number of hydrogen-bond donors (Lipinski definition) is 2. The topological polar surface area (TPSA) is 46.2 Å². The van der Waals surface area contributed by atoms with Gasteiger partial charge in [0.2, 0.25) is 0 Å². The van der Waals surface area contributed by atoms with Crippen molar-refractivity contribution >= 4 is 0 Å². The molecule has 2 nitrogen and oxygen atoms in total. The number of aromatic hydroxyl groups is 1. The Labute approximate surface area is 78.7 Å². The van der Waals surface area contributed by atoms with E-state index in [1.807, 2.05) is 6.07 Å². The Morgan fingerprint density at radius 3 is 2.85 bits per heavy atom. The normalized spacial score (nSPS) is 12.5. The van der Waals surface area contributed by atoms with E-state index < -0.39 is 0 Å². The predicted octanol–water partition coefficient (Wildman–Crippen LogP) is 2.14. The Bertz CT molecular complexity index is 307. The molecule has 0 spiro atoms. The number of rotatable bonds is 3. The monoisotopic (exact) mass is 177 g/mol. The maximum absolute atomic E-state index is 9.29. The van der Waals surface area contributed by atoms with Crippen LogP contribution in [-0.4, -0.2) is 5.11 Å². The van der Waals surface area contributed by atoms with Crippen LogP contribution in [0.4, 0.5) is 0 Å². The molecule has 0 fully saturated rings. The van der Waals surface area contributed by atoms with Crippen LogP contribution < -0.4 is 5.73 Å². The van der Waals surface area contributed by atoms with Gasteiger partial charge in [-0.1, -0.05) is 19.1 Å². The molecule has 0 amide bonds. The summed E-state index contributed by atoms with van der Waals surface area (Å²) in [5, 5.41) is 9.29. The molecule has 0 heterocycles. The number of benzene rings is 1. The molecule has 2 heteroatoms. The predicted molar refractivity (Wildman–Crippen MR) is 54.6 cm³/mol. The van der Waals surface area contributed by atoms with Crippen molar-refractivity contribution in [3.05, 3.63) is 42.0 Å². The Kier molecular flexibility index (Phi) is 3.09. The van der Waals surface area contributed by atoms with Gasteiger partial charge in [-0.3, -0.25) is 0 Å². The molecule has 0 aliphatic rings. The minimum atomic E-state index is -0.193. The molecule has 1 aromatic carbocycles. The Hall–Kier alpha value is -1.28. The van der Waals surface area contributed by atoms with E-state index in [1.165, 1.54) is 0 Å². The van der Waals surface area contributed by atoms with Gasteiger partial charge in [-0.2, -0.15) is 0 Å². The third-order valence-electron chi connectivity index (χ3n) is 2.12. The fourth-order valence-corrected chi connectivity index (χ4v) is 1.34. The standard InChI is InChI=1S/C11H15NO/c1-3-8-5-6-9(13)7-10(8)11(12)4-2/h4-7,11,13H,2-3,12H2,1H3/t11-/m0/s1. The highest BCUT2D eigenvalue weighted by Crippen LogP contribution is 2.22. The van der Waals surface area contributed by atoms with E-state index in [9.17, 15) is 5.11 Å². The molecule has 1 aromatic rings. The van der Waals surface area contributed by atoms with E-state index >= 15 is 0 Å². The average Bonchev–Trinajstić information content (AvgIpc) is 2.16. The third-order valence-corrected chi connectivity index (χ3v) is 2.12. The average molecular weight is 177 g/mol. The van der Waals surface area contributed by atoms with Crippen LogP contribution in [0, 0.1) is 0 Å². The maximum Gasteiger partial charge on any atom is 0.115 e. The summed E-state index contributed by atoms with van der Waals surface area (Å²) in [6.45, 7) is 5.70. The van der Waals surface area contributed by atoms with Crippen LogP contribution >= 0.6 is 0 Å². The molecule has 0 saturated carbocycles. The Morgan fingerprint density at radius 1 is 1.62 bits per heavy atom. The summed E-state index contributed by atoms with van der Waals surface area (Å²) in [5.74, 6) is 0.254. The van der Waals surface area contributed by atoms with Crippen molar-refractivity contribution in [2.24, 2.45) is 5.73 Å². The summed E-state index contributed by atoms with van der Waals surface area (Å²) < 4.78 is 0. The molecule has 3 N–H and O–H groups in total. The van der Waals surface area contributed by atoms with E-state index in [2.05, 4.69) is 13.5 Å². The molecule has 0 unspecified atom stereocenters. The minimum absolute atomic E-state index is 0.193. The van der Waals surface area contributed by atoms with Gasteiger partial charge in [-0.25, -0.2) is 0 Å². The zero-order chi connectivity index (χ0) is 9.84. The summed E-state index contributed by atoms with van der Waals surface area (Å²) in [7, 11) is 0. The van der Waals surface area contributed by atoms with Gasteiger partial charge in [0.25, 0.3) is 0 Å². The fourth-order valence-electron chi connectivity index (χ4n) is 1.34. The first-order chi connectivity index (χ1) is 6.19. The molecule has 1 atom stereocenters. The van der Waals surface area contributed by atoms with Gasteiger partial charge in [0.05, 0.1) is 0 Å². The molecule has 0 saturated heterocycles. The summed E-state index contributed by atoms with van der Waals surface area (Å²) in [4.78, 5) is 0. The molecule has 0 aliphatic carbocycles. The van der Waals surface area contributed by atoms with Crippen LogP contribution in [0.15, 0.2) is 30.9 Å². The first-order valence-corrected chi connectivity index (χ1v) is 4.39. The van der Waals surface area contributed by atoms with Crippen LogP contribution in [0.3, 0.4) is 0 Å². The van der Waals surface area contributed by atoms with Crippen LogP contribution in [0.5, 0.6) is 5.75 Å². The zero-order valence-corrected chi connectivity index (χ0v) is 7.83. The van der Waals surface area contributed by atoms with Gasteiger partial charge in [0, 0.05) is 6.04 Å². The highest BCUT2D eigenvalue weighted by Gasteiger charge is 2.07. The van der Waals surface area contributed by atoms with Crippen LogP contribution in [-0.2, 0) is 6.42 Å². The molecule has 0 aliphatic heterocycles. The Morgan fingerprint density at radius 2 is 2.31 bits per heavy atom. The quantitative estimate of drug-likeness (QED) is 0.695. The van der Waals surface area contributed by atoms with E-state index in [0.717, 1.165) is 17.5 Å². The van der Waals surface area contributed by atoms with Gasteiger partial charge in [-0.15, -0.1) is 6.58 Å². The number of nitrogens with two attached hydrogens (primary N) is 1. The third kappa shape index (κ3) is 2.10. The number of aryl methyl sites for hydroxylation is 1. The van der Waals surface area contributed by atoms with Gasteiger partial charge in [-0.05, 0) is 29.7 Å². The highest BCUT2D eigenvalue weighted by molar-refractivity contribution is 5.38. The molecular formula is C11H15NO. The molecule has 70 valence electrons. The molecule has 1 rings (SSSR count). The van der Waals surface area contributed by atoms with E-state index in [-0.39, 0.29) is 11.8 Å². The first-order valence-electron chi connectivity index (χ1n) is 4.39. The smallest absolute Gasteiger partial charge is 0.115 e. The largest absolute Gasteiger partial charge is 0.508 e. The second kappa shape index (κ2) is 4.10. The molecular weight excluding hydrogens is 162 g/mol. The van der Waals surface area contributed by atoms with Crippen molar-refractivity contribution in [2.75, 3.05) is 0 Å². The van der Waals surface area contributed by atoms with E-state index in [1.54, 1.807) is 18.2 Å². The lowest BCUT2D eigenvalue weighted by molar-refractivity contribution is 0.474. The highest BCUT2D eigenvalue weighted by atomic mass is 16.3. The van der Waals surface area contributed by atoms with Crippen LogP contribution in [0.2, 0.25) is 0 Å². The van der Waals surface area contributed by atoms with Crippen molar-refractivity contribution in [3.63, 3.8) is 0 Å². The van der Waals surface area contributed by atoms with Crippen molar-refractivity contribution in [3.8, 4) is 5.75 Å². The molecule has 0 aromatic heterocycles. The van der Waals surface area contributed by atoms with E-state index in [4.69, 9.17) is 5.73 Å². The summed E-state index contributed by atoms with van der Waals surface area (Å²) in [6.07, 6.45) is 2.59. The van der Waals surface area contributed by atoms with Gasteiger partial charge >= 0.3 is 0 Å². The molecule has 0 bridgehead atoms. The van der Waals surface area contributed by atoms with Crippen molar-refractivity contribution in [1.29, 1.82) is 0 Å². The van der Waals surface area contributed by atoms with Gasteiger partial charge in [0.15, 0.2) is 0 Å². The van der Waals surface area contributed by atoms with Crippen molar-refractivity contribution < 1.29 is 5.11 Å². The van der Waals surface area contributed by atoms with Crippen molar-refractivity contribution in [2.45, 2.75) is 19.4 Å². The summed E-state index contributed by atoms with van der Waals surface area (Å²) in [6, 6.07) is 5.08. The zero-order valence-electron chi connectivity index (χ0n) is 7.83. The lowest BCUT2D eigenvalue weighted by atomic mass is 9.99. The minimum Gasteiger partial charge on any atom is -0.508 e. The van der Waals surface area contributed by atoms with Crippen LogP contribution in [0.1, 0.15) is 24.1 Å². The second-order valence-electron chi connectivity index (χ2n) is 3.00. The maximum atomic E-state index is 9.29.